The molecule has 0 spiro atoms. The van der Waals surface area contributed by atoms with Crippen LogP contribution in [0, 0.1) is 5.92 Å². The van der Waals surface area contributed by atoms with Crippen LogP contribution in [0.3, 0.4) is 0 Å². The van der Waals surface area contributed by atoms with Gasteiger partial charge in [0.05, 0.1) is 6.54 Å². The summed E-state index contributed by atoms with van der Waals surface area (Å²) in [7, 11) is 0. The van der Waals surface area contributed by atoms with Crippen LogP contribution < -0.4 is 4.90 Å². The number of rotatable bonds is 6. The molecule has 0 aromatic heterocycles. The average Bonchev–Trinajstić information content (AvgIpc) is 2.73. The summed E-state index contributed by atoms with van der Waals surface area (Å²) in [6.07, 6.45) is 2.88. The van der Waals surface area contributed by atoms with Gasteiger partial charge in [0.1, 0.15) is 0 Å². The Morgan fingerprint density at radius 1 is 1.04 bits per heavy atom. The minimum absolute atomic E-state index is 0.0648. The van der Waals surface area contributed by atoms with Crippen LogP contribution in [0.25, 0.3) is 0 Å². The van der Waals surface area contributed by atoms with Gasteiger partial charge in [0.2, 0.25) is 11.8 Å². The predicted molar refractivity (Wildman–Crippen MR) is 113 cm³/mol. The Morgan fingerprint density at radius 2 is 1.68 bits per heavy atom. The zero-order valence-electron chi connectivity index (χ0n) is 16.3. The first-order valence-corrected chi connectivity index (χ1v) is 10.3. The minimum atomic E-state index is -0.0648. The number of piperidine rings is 1. The molecule has 0 bridgehead atoms. The number of nitrogens with zero attached hydrogens (tertiary/aromatic N) is 2. The average molecular weight is 399 g/mol. The molecule has 2 amide bonds. The molecule has 2 aromatic carbocycles. The Labute approximate surface area is 172 Å². The van der Waals surface area contributed by atoms with Crippen molar-refractivity contribution in [1.82, 2.24) is 4.90 Å². The van der Waals surface area contributed by atoms with Crippen LogP contribution in [0.1, 0.15) is 38.2 Å². The molecule has 0 aliphatic carbocycles. The van der Waals surface area contributed by atoms with E-state index in [1.54, 1.807) is 0 Å². The molecule has 2 aromatic rings. The largest absolute Gasteiger partial charge is 0.343 e. The Bertz CT molecular complexity index is 784. The van der Waals surface area contributed by atoms with Crippen LogP contribution in [-0.4, -0.2) is 29.8 Å². The third kappa shape index (κ3) is 5.14. The third-order valence-electron chi connectivity index (χ3n) is 5.25. The molecule has 1 aliphatic rings. The normalized spacial score (nSPS) is 14.7. The van der Waals surface area contributed by atoms with Gasteiger partial charge in [0.15, 0.2) is 0 Å². The van der Waals surface area contributed by atoms with Crippen LogP contribution >= 0.6 is 11.6 Å². The number of hydrogen-bond donors (Lipinski definition) is 0. The van der Waals surface area contributed by atoms with Crippen LogP contribution in [0.5, 0.6) is 0 Å². The van der Waals surface area contributed by atoms with E-state index in [4.69, 9.17) is 11.6 Å². The van der Waals surface area contributed by atoms with Gasteiger partial charge in [-0.3, -0.25) is 9.59 Å². The van der Waals surface area contributed by atoms with E-state index in [0.29, 0.717) is 43.9 Å². The van der Waals surface area contributed by atoms with Gasteiger partial charge in [-0.25, -0.2) is 0 Å². The quantitative estimate of drug-likeness (QED) is 0.693. The van der Waals surface area contributed by atoms with Crippen LogP contribution in [0.2, 0.25) is 5.02 Å². The molecule has 28 heavy (non-hydrogen) atoms. The summed E-state index contributed by atoms with van der Waals surface area (Å²) in [5.41, 5.74) is 1.93. The van der Waals surface area contributed by atoms with Gasteiger partial charge in [-0.1, -0.05) is 48.9 Å². The topological polar surface area (TPSA) is 40.6 Å². The summed E-state index contributed by atoms with van der Waals surface area (Å²) >= 11 is 6.04. The highest BCUT2D eigenvalue weighted by Crippen LogP contribution is 2.26. The molecule has 148 valence electrons. The minimum Gasteiger partial charge on any atom is -0.343 e. The number of anilines is 1. The second-order valence-electron chi connectivity index (χ2n) is 7.29. The fourth-order valence-electron chi connectivity index (χ4n) is 3.65. The molecule has 4 nitrogen and oxygen atoms in total. The number of likely N-dealkylation sites (tertiary alicyclic amines) is 1. The van der Waals surface area contributed by atoms with E-state index in [-0.39, 0.29) is 17.7 Å². The fraction of sp³-hybridized carbons (Fsp3) is 0.391. The van der Waals surface area contributed by atoms with Gasteiger partial charge < -0.3 is 9.80 Å². The van der Waals surface area contributed by atoms with E-state index in [9.17, 15) is 9.59 Å². The van der Waals surface area contributed by atoms with E-state index >= 15 is 0 Å². The van der Waals surface area contributed by atoms with Crippen molar-refractivity contribution >= 4 is 29.1 Å². The lowest BCUT2D eigenvalue weighted by molar-refractivity contribution is -0.135. The second kappa shape index (κ2) is 9.74. The van der Waals surface area contributed by atoms with Crippen molar-refractivity contribution < 1.29 is 9.59 Å². The number of hydrogen-bond acceptors (Lipinski definition) is 2. The first kappa shape index (κ1) is 20.4. The van der Waals surface area contributed by atoms with Crippen molar-refractivity contribution in [3.8, 4) is 0 Å². The summed E-state index contributed by atoms with van der Waals surface area (Å²) in [6, 6.07) is 17.4. The number of halogens is 1. The number of amides is 2. The molecular weight excluding hydrogens is 372 g/mol. The third-order valence-corrected chi connectivity index (χ3v) is 5.50. The molecular formula is C23H27ClN2O2. The molecule has 1 saturated heterocycles. The molecule has 5 heteroatoms. The lowest BCUT2D eigenvalue weighted by Gasteiger charge is -2.34. The van der Waals surface area contributed by atoms with Crippen molar-refractivity contribution in [1.29, 1.82) is 0 Å². The molecule has 3 rings (SSSR count). The molecule has 0 N–H and O–H groups in total. The Kier molecular flexibility index (Phi) is 7.10. The lowest BCUT2D eigenvalue weighted by Crippen LogP contribution is -2.44. The summed E-state index contributed by atoms with van der Waals surface area (Å²) in [5.74, 6) is 0.256. The molecule has 1 aliphatic heterocycles. The monoisotopic (exact) mass is 398 g/mol. The molecule has 1 heterocycles. The van der Waals surface area contributed by atoms with Gasteiger partial charge >= 0.3 is 0 Å². The molecule has 1 fully saturated rings. The zero-order valence-corrected chi connectivity index (χ0v) is 17.1. The zero-order chi connectivity index (χ0) is 19.9. The Morgan fingerprint density at radius 3 is 2.29 bits per heavy atom. The van der Waals surface area contributed by atoms with E-state index in [1.165, 1.54) is 0 Å². The first-order chi connectivity index (χ1) is 13.6. The van der Waals surface area contributed by atoms with E-state index in [2.05, 4.69) is 0 Å². The maximum absolute atomic E-state index is 13.4. The van der Waals surface area contributed by atoms with Gasteiger partial charge in [-0.05, 0) is 49.1 Å². The number of carbonyl (C=O) groups is 2. The molecule has 0 unspecified atom stereocenters. The number of benzene rings is 2. The van der Waals surface area contributed by atoms with Crippen LogP contribution in [-0.2, 0) is 16.1 Å². The van der Waals surface area contributed by atoms with E-state index < -0.39 is 0 Å². The van der Waals surface area contributed by atoms with Crippen molar-refractivity contribution in [3.05, 3.63) is 65.2 Å². The molecule has 0 radical (unpaired) electrons. The lowest BCUT2D eigenvalue weighted by atomic mass is 9.94. The second-order valence-corrected chi connectivity index (χ2v) is 7.73. The Balaban J connectivity index is 1.73. The van der Waals surface area contributed by atoms with Crippen molar-refractivity contribution in [2.45, 2.75) is 39.2 Å². The van der Waals surface area contributed by atoms with Gasteiger partial charge in [0.25, 0.3) is 0 Å². The summed E-state index contributed by atoms with van der Waals surface area (Å²) in [6.45, 7) is 3.86. The number of carbonyl (C=O) groups excluding carboxylic acids is 2. The highest BCUT2D eigenvalue weighted by molar-refractivity contribution is 6.30. The van der Waals surface area contributed by atoms with Crippen molar-refractivity contribution in [2.75, 3.05) is 18.0 Å². The maximum atomic E-state index is 13.4. The standard InChI is InChI=1S/C23H27ClN2O2/c1-2-6-22(27)25-15-13-19(14-16-25)23(28)26(17-18-7-4-3-5-8-18)21-11-9-20(24)10-12-21/h3-5,7-12,19H,2,6,13-17H2,1H3. The van der Waals surface area contributed by atoms with Crippen molar-refractivity contribution in [2.24, 2.45) is 5.92 Å². The van der Waals surface area contributed by atoms with Gasteiger partial charge in [0, 0.05) is 36.1 Å². The van der Waals surface area contributed by atoms with Crippen molar-refractivity contribution in [3.63, 3.8) is 0 Å². The summed E-state index contributed by atoms with van der Waals surface area (Å²) in [5, 5.41) is 0.651. The SMILES string of the molecule is CCCC(=O)N1CCC(C(=O)N(Cc2ccccc2)c2ccc(Cl)cc2)CC1. The van der Waals surface area contributed by atoms with Gasteiger partial charge in [-0.15, -0.1) is 0 Å². The van der Waals surface area contributed by atoms with E-state index in [0.717, 1.165) is 17.7 Å². The Hall–Kier alpha value is -2.33. The smallest absolute Gasteiger partial charge is 0.230 e. The highest BCUT2D eigenvalue weighted by Gasteiger charge is 2.30. The first-order valence-electron chi connectivity index (χ1n) is 9.97. The fourth-order valence-corrected chi connectivity index (χ4v) is 3.78. The van der Waals surface area contributed by atoms with Gasteiger partial charge in [-0.2, -0.15) is 0 Å². The molecule has 0 atom stereocenters. The van der Waals surface area contributed by atoms with Crippen LogP contribution in [0.15, 0.2) is 54.6 Å². The van der Waals surface area contributed by atoms with E-state index in [1.807, 2.05) is 71.3 Å². The predicted octanol–water partition coefficient (Wildman–Crippen LogP) is 4.91. The molecule has 0 saturated carbocycles. The summed E-state index contributed by atoms with van der Waals surface area (Å²) in [4.78, 5) is 29.2. The summed E-state index contributed by atoms with van der Waals surface area (Å²) < 4.78 is 0. The van der Waals surface area contributed by atoms with Crippen LogP contribution in [0.4, 0.5) is 5.69 Å². The highest BCUT2D eigenvalue weighted by atomic mass is 35.5. The maximum Gasteiger partial charge on any atom is 0.230 e.